The fourth-order valence-electron chi connectivity index (χ4n) is 2.56. The van der Waals surface area contributed by atoms with Gasteiger partial charge in [0.2, 0.25) is 0 Å². The molecule has 1 heterocycles. The van der Waals surface area contributed by atoms with Gasteiger partial charge in [-0.3, -0.25) is 0 Å². The first-order valence-corrected chi connectivity index (χ1v) is 4.77. The summed E-state index contributed by atoms with van der Waals surface area (Å²) in [5, 5.41) is 0. The van der Waals surface area contributed by atoms with Gasteiger partial charge in [-0.05, 0) is 36.8 Å². The van der Waals surface area contributed by atoms with Crippen LogP contribution in [0, 0.1) is 6.92 Å². The third-order valence-electron chi connectivity index (χ3n) is 3.26. The van der Waals surface area contributed by atoms with Crippen molar-refractivity contribution in [3.8, 4) is 0 Å². The van der Waals surface area contributed by atoms with Gasteiger partial charge in [-0.15, -0.1) is 0 Å². The molecule has 2 atom stereocenters. The number of fused-ring (bicyclic) bond motifs is 1. The summed E-state index contributed by atoms with van der Waals surface area (Å²) >= 11 is 0. The van der Waals surface area contributed by atoms with Crippen molar-refractivity contribution in [2.75, 3.05) is 0 Å². The molecule has 66 valence electrons. The molecule has 0 aromatic carbocycles. The van der Waals surface area contributed by atoms with E-state index in [1.165, 1.54) is 12.1 Å². The number of rotatable bonds is 0. The van der Waals surface area contributed by atoms with Crippen LogP contribution in [0.3, 0.4) is 0 Å². The van der Waals surface area contributed by atoms with Crippen LogP contribution in [0.25, 0.3) is 0 Å². The molecule has 2 unspecified atom stereocenters. The van der Waals surface area contributed by atoms with E-state index in [1.54, 1.807) is 11.3 Å². The monoisotopic (exact) mass is 163 g/mol. The minimum atomic E-state index is 0.758. The van der Waals surface area contributed by atoms with E-state index in [0.29, 0.717) is 0 Å². The molecule has 1 aliphatic rings. The molecule has 1 aromatic heterocycles. The van der Waals surface area contributed by atoms with E-state index in [-0.39, 0.29) is 0 Å². The smallest absolute Gasteiger partial charge is 0.0237 e. The molecule has 12 heavy (non-hydrogen) atoms. The van der Waals surface area contributed by atoms with Gasteiger partial charge >= 0.3 is 0 Å². The first-order chi connectivity index (χ1) is 5.61. The highest BCUT2D eigenvalue weighted by molar-refractivity contribution is 5.37. The van der Waals surface area contributed by atoms with Crippen molar-refractivity contribution in [2.45, 2.75) is 39.0 Å². The molecule has 0 bridgehead atoms. The molecule has 0 spiro atoms. The first-order valence-electron chi connectivity index (χ1n) is 4.77. The van der Waals surface area contributed by atoms with Gasteiger partial charge in [-0.2, -0.15) is 0 Å². The van der Waals surface area contributed by atoms with Gasteiger partial charge in [0.15, 0.2) is 0 Å². The van der Waals surface area contributed by atoms with Crippen molar-refractivity contribution in [1.82, 2.24) is 4.57 Å². The summed E-state index contributed by atoms with van der Waals surface area (Å²) in [5.41, 5.74) is 4.56. The molecular formula is C11H17N. The summed E-state index contributed by atoms with van der Waals surface area (Å²) in [6, 6.07) is 2.35. The molecule has 1 nitrogen and oxygen atoms in total. The topological polar surface area (TPSA) is 4.93 Å². The second kappa shape index (κ2) is 2.38. The number of hydrogen-bond acceptors (Lipinski definition) is 0. The lowest BCUT2D eigenvalue weighted by atomic mass is 10.0. The van der Waals surface area contributed by atoms with Crippen molar-refractivity contribution >= 4 is 0 Å². The van der Waals surface area contributed by atoms with E-state index >= 15 is 0 Å². The van der Waals surface area contributed by atoms with E-state index in [4.69, 9.17) is 0 Å². The average molecular weight is 163 g/mol. The maximum absolute atomic E-state index is 2.35. The lowest BCUT2D eigenvalue weighted by molar-refractivity contribution is 0.629. The fraction of sp³-hybridized carbons (Fsp3) is 0.636. The van der Waals surface area contributed by atoms with E-state index in [2.05, 4.69) is 38.5 Å². The largest absolute Gasteiger partial charge is 0.351 e. The molecule has 0 saturated heterocycles. The van der Waals surface area contributed by atoms with E-state index in [9.17, 15) is 0 Å². The van der Waals surface area contributed by atoms with Gasteiger partial charge in [-0.1, -0.05) is 13.8 Å². The van der Waals surface area contributed by atoms with Crippen molar-refractivity contribution < 1.29 is 0 Å². The van der Waals surface area contributed by atoms with Gasteiger partial charge in [0.1, 0.15) is 0 Å². The number of nitrogens with zero attached hydrogens (tertiary/aromatic N) is 1. The Hall–Kier alpha value is -0.720. The van der Waals surface area contributed by atoms with E-state index in [0.717, 1.165) is 11.8 Å². The van der Waals surface area contributed by atoms with Crippen molar-refractivity contribution in [2.24, 2.45) is 7.05 Å². The Labute approximate surface area is 74.4 Å². The molecule has 0 fully saturated rings. The highest BCUT2D eigenvalue weighted by Crippen LogP contribution is 2.42. The van der Waals surface area contributed by atoms with Crippen LogP contribution in [0.5, 0.6) is 0 Å². The van der Waals surface area contributed by atoms with Crippen LogP contribution in [-0.2, 0) is 7.05 Å². The molecule has 1 aromatic rings. The molecule has 0 radical (unpaired) electrons. The summed E-state index contributed by atoms with van der Waals surface area (Å²) in [7, 11) is 2.18. The molecule has 2 rings (SSSR count). The zero-order valence-corrected chi connectivity index (χ0v) is 8.39. The maximum atomic E-state index is 2.35. The third kappa shape index (κ3) is 0.855. The van der Waals surface area contributed by atoms with Gasteiger partial charge < -0.3 is 4.57 Å². The standard InChI is InChI=1S/C11H17N/c1-7-5-8(2)11-10(7)6-9(3)12(11)4/h6-8H,5H2,1-4H3. The Balaban J connectivity index is 2.59. The van der Waals surface area contributed by atoms with Crippen LogP contribution in [-0.4, -0.2) is 4.57 Å². The molecule has 0 aliphatic heterocycles. The van der Waals surface area contributed by atoms with Gasteiger partial charge in [0, 0.05) is 18.4 Å². The van der Waals surface area contributed by atoms with E-state index < -0.39 is 0 Å². The lowest BCUT2D eigenvalue weighted by Crippen LogP contribution is -1.99. The highest BCUT2D eigenvalue weighted by atomic mass is 15.0. The van der Waals surface area contributed by atoms with Crippen LogP contribution >= 0.6 is 0 Å². The quantitative estimate of drug-likeness (QED) is 0.554. The lowest BCUT2D eigenvalue weighted by Gasteiger charge is -2.07. The second-order valence-corrected chi connectivity index (χ2v) is 4.22. The van der Waals surface area contributed by atoms with Crippen molar-refractivity contribution in [3.05, 3.63) is 23.0 Å². The predicted octanol–water partition coefficient (Wildman–Crippen LogP) is 2.94. The predicted molar refractivity (Wildman–Crippen MR) is 51.6 cm³/mol. The Bertz CT molecular complexity index is 309. The second-order valence-electron chi connectivity index (χ2n) is 4.22. The molecule has 1 aliphatic carbocycles. The summed E-state index contributed by atoms with van der Waals surface area (Å²) in [5.74, 6) is 1.53. The molecule has 0 amide bonds. The van der Waals surface area contributed by atoms with Crippen LogP contribution in [0.2, 0.25) is 0 Å². The van der Waals surface area contributed by atoms with Crippen LogP contribution in [0.1, 0.15) is 49.1 Å². The summed E-state index contributed by atoms with van der Waals surface area (Å²) < 4.78 is 2.35. The number of hydrogen-bond donors (Lipinski definition) is 0. The Kier molecular flexibility index (Phi) is 1.57. The van der Waals surface area contributed by atoms with Crippen molar-refractivity contribution in [3.63, 3.8) is 0 Å². The van der Waals surface area contributed by atoms with Crippen molar-refractivity contribution in [1.29, 1.82) is 0 Å². The Morgan fingerprint density at radius 1 is 1.33 bits per heavy atom. The summed E-state index contributed by atoms with van der Waals surface area (Å²) in [6.45, 7) is 6.86. The minimum Gasteiger partial charge on any atom is -0.351 e. The molecule has 1 heteroatoms. The fourth-order valence-corrected chi connectivity index (χ4v) is 2.56. The van der Waals surface area contributed by atoms with E-state index in [1.807, 2.05) is 0 Å². The summed E-state index contributed by atoms with van der Waals surface area (Å²) in [6.07, 6.45) is 1.33. The number of aromatic nitrogens is 1. The van der Waals surface area contributed by atoms with Crippen LogP contribution in [0.4, 0.5) is 0 Å². The average Bonchev–Trinajstić information content (AvgIpc) is 2.41. The first kappa shape index (κ1) is 7.90. The van der Waals surface area contributed by atoms with Gasteiger partial charge in [0.25, 0.3) is 0 Å². The normalized spacial score (nSPS) is 27.7. The highest BCUT2D eigenvalue weighted by Gasteiger charge is 2.28. The Morgan fingerprint density at radius 3 is 2.58 bits per heavy atom. The number of aryl methyl sites for hydroxylation is 1. The van der Waals surface area contributed by atoms with Crippen LogP contribution in [0.15, 0.2) is 6.07 Å². The summed E-state index contributed by atoms with van der Waals surface area (Å²) in [4.78, 5) is 0. The Morgan fingerprint density at radius 2 is 2.00 bits per heavy atom. The van der Waals surface area contributed by atoms with Gasteiger partial charge in [-0.25, -0.2) is 0 Å². The molecule has 0 saturated carbocycles. The minimum absolute atomic E-state index is 0.758. The maximum Gasteiger partial charge on any atom is 0.0237 e. The molecule has 0 N–H and O–H groups in total. The third-order valence-corrected chi connectivity index (χ3v) is 3.26. The zero-order chi connectivity index (χ0) is 8.88. The SMILES string of the molecule is Cc1cc2c(n1C)C(C)CC2C. The molecular weight excluding hydrogens is 146 g/mol. The van der Waals surface area contributed by atoms with Crippen LogP contribution < -0.4 is 0 Å². The van der Waals surface area contributed by atoms with Gasteiger partial charge in [0.05, 0.1) is 0 Å². The zero-order valence-electron chi connectivity index (χ0n) is 8.39.